The van der Waals surface area contributed by atoms with Crippen LogP contribution in [0.5, 0.6) is 0 Å². The quantitative estimate of drug-likeness (QED) is 0.616. The van der Waals surface area contributed by atoms with E-state index in [0.717, 1.165) is 5.56 Å². The summed E-state index contributed by atoms with van der Waals surface area (Å²) in [5.74, 6) is -0.724. The lowest BCUT2D eigenvalue weighted by molar-refractivity contribution is -0.125. The fraction of sp³-hybridized carbons (Fsp3) is 0.261. The third-order valence-corrected chi connectivity index (χ3v) is 3.88. The van der Waals surface area contributed by atoms with Gasteiger partial charge in [-0.2, -0.15) is 0 Å². The highest BCUT2D eigenvalue weighted by atomic mass is 16.6. The van der Waals surface area contributed by atoms with Crippen molar-refractivity contribution in [2.75, 3.05) is 10.6 Å². The fourth-order valence-electron chi connectivity index (χ4n) is 2.49. The number of anilines is 2. The molecule has 2 rings (SSSR count). The largest absolute Gasteiger partial charge is 0.444 e. The van der Waals surface area contributed by atoms with Gasteiger partial charge in [0, 0.05) is 6.08 Å². The van der Waals surface area contributed by atoms with Crippen molar-refractivity contribution in [2.24, 2.45) is 0 Å². The number of benzene rings is 2. The summed E-state index contributed by atoms with van der Waals surface area (Å²) in [4.78, 5) is 35.5. The molecule has 7 heteroatoms. The molecule has 2 aromatic carbocycles. The number of aliphatic hydroxyl groups is 1. The van der Waals surface area contributed by atoms with Crippen molar-refractivity contribution in [1.29, 1.82) is 0 Å². The van der Waals surface area contributed by atoms with E-state index in [0.29, 0.717) is 16.9 Å². The van der Waals surface area contributed by atoms with E-state index in [9.17, 15) is 19.5 Å². The molecule has 0 aliphatic heterocycles. The monoisotopic (exact) mass is 410 g/mol. The Bertz CT molecular complexity index is 943. The molecule has 1 atom stereocenters. The molecule has 0 aliphatic carbocycles. The average Bonchev–Trinajstić information content (AvgIpc) is 2.66. The summed E-state index contributed by atoms with van der Waals surface area (Å²) >= 11 is 0. The van der Waals surface area contributed by atoms with Gasteiger partial charge in [0.15, 0.2) is 5.78 Å². The van der Waals surface area contributed by atoms with Crippen molar-refractivity contribution in [2.45, 2.75) is 39.4 Å². The van der Waals surface area contributed by atoms with Crippen molar-refractivity contribution >= 4 is 35.2 Å². The van der Waals surface area contributed by atoms with Crippen LogP contribution in [0, 0.1) is 0 Å². The van der Waals surface area contributed by atoms with E-state index in [2.05, 4.69) is 10.6 Å². The first-order chi connectivity index (χ1) is 14.0. The van der Waals surface area contributed by atoms with Gasteiger partial charge in [-0.1, -0.05) is 36.4 Å². The number of hydrogen-bond acceptors (Lipinski definition) is 5. The maximum atomic E-state index is 12.3. The zero-order valence-corrected chi connectivity index (χ0v) is 17.4. The molecule has 0 bridgehead atoms. The van der Waals surface area contributed by atoms with Crippen molar-refractivity contribution in [3.05, 3.63) is 65.7 Å². The normalized spacial score (nSPS) is 12.3. The number of ketones is 1. The maximum absolute atomic E-state index is 12.3. The molecule has 3 N–H and O–H groups in total. The van der Waals surface area contributed by atoms with Crippen LogP contribution in [0.4, 0.5) is 16.2 Å². The Morgan fingerprint density at radius 3 is 2.07 bits per heavy atom. The first-order valence-electron chi connectivity index (χ1n) is 9.42. The van der Waals surface area contributed by atoms with E-state index < -0.39 is 17.8 Å². The predicted octanol–water partition coefficient (Wildman–Crippen LogP) is 4.31. The SMILES string of the molecule is CC(=O)C(O)c1ccc(/C=C/C(=O)Nc2ccccc2NC(=O)OC(C)(C)C)cc1. The molecule has 0 aromatic heterocycles. The van der Waals surface area contributed by atoms with Crippen LogP contribution in [-0.2, 0) is 14.3 Å². The second-order valence-corrected chi connectivity index (χ2v) is 7.67. The minimum atomic E-state index is -1.15. The van der Waals surface area contributed by atoms with Crippen LogP contribution in [0.25, 0.3) is 6.08 Å². The smallest absolute Gasteiger partial charge is 0.412 e. The van der Waals surface area contributed by atoms with Crippen LogP contribution in [-0.4, -0.2) is 28.5 Å². The Hall–Kier alpha value is -3.45. The second kappa shape index (κ2) is 9.84. The van der Waals surface area contributed by atoms with Gasteiger partial charge >= 0.3 is 6.09 Å². The number of hydrogen-bond donors (Lipinski definition) is 3. The summed E-state index contributed by atoms with van der Waals surface area (Å²) in [6.07, 6.45) is 1.18. The predicted molar refractivity (Wildman–Crippen MR) is 116 cm³/mol. The van der Waals surface area contributed by atoms with Crippen molar-refractivity contribution < 1.29 is 24.2 Å². The van der Waals surface area contributed by atoms with Crippen molar-refractivity contribution in [3.63, 3.8) is 0 Å². The number of rotatable bonds is 6. The molecule has 0 saturated carbocycles. The lowest BCUT2D eigenvalue weighted by atomic mass is 10.0. The topological polar surface area (TPSA) is 105 Å². The van der Waals surface area contributed by atoms with Gasteiger partial charge < -0.3 is 15.2 Å². The summed E-state index contributed by atoms with van der Waals surface area (Å²) in [5.41, 5.74) is 1.42. The van der Waals surface area contributed by atoms with Crippen LogP contribution in [0.15, 0.2) is 54.6 Å². The maximum Gasteiger partial charge on any atom is 0.412 e. The molecule has 0 aliphatic rings. The van der Waals surface area contributed by atoms with E-state index in [1.54, 1.807) is 75.4 Å². The zero-order valence-electron chi connectivity index (χ0n) is 17.4. The minimum Gasteiger partial charge on any atom is -0.444 e. The summed E-state index contributed by atoms with van der Waals surface area (Å²) in [7, 11) is 0. The summed E-state index contributed by atoms with van der Waals surface area (Å²) in [6, 6.07) is 13.4. The van der Waals surface area contributed by atoms with E-state index in [1.165, 1.54) is 13.0 Å². The number of aliphatic hydroxyl groups excluding tert-OH is 1. The van der Waals surface area contributed by atoms with Gasteiger partial charge in [0.2, 0.25) is 5.91 Å². The average molecular weight is 410 g/mol. The highest BCUT2D eigenvalue weighted by Crippen LogP contribution is 2.22. The van der Waals surface area contributed by atoms with Gasteiger partial charge in [-0.25, -0.2) is 4.79 Å². The van der Waals surface area contributed by atoms with E-state index in [-0.39, 0.29) is 11.7 Å². The van der Waals surface area contributed by atoms with Crippen LogP contribution >= 0.6 is 0 Å². The number of para-hydroxylation sites is 2. The Morgan fingerprint density at radius 1 is 0.967 bits per heavy atom. The van der Waals surface area contributed by atoms with Crippen LogP contribution in [0.1, 0.15) is 44.9 Å². The molecule has 2 aromatic rings. The molecule has 158 valence electrons. The zero-order chi connectivity index (χ0) is 22.3. The molecule has 0 fully saturated rings. The van der Waals surface area contributed by atoms with Gasteiger partial charge in [0.25, 0.3) is 0 Å². The Morgan fingerprint density at radius 2 is 1.53 bits per heavy atom. The first-order valence-corrected chi connectivity index (χ1v) is 9.42. The van der Waals surface area contributed by atoms with Gasteiger partial charge in [0.1, 0.15) is 11.7 Å². The summed E-state index contributed by atoms with van der Waals surface area (Å²) < 4.78 is 5.23. The highest BCUT2D eigenvalue weighted by Gasteiger charge is 2.17. The summed E-state index contributed by atoms with van der Waals surface area (Å²) in [6.45, 7) is 6.60. The van der Waals surface area contributed by atoms with Gasteiger partial charge in [-0.05, 0) is 57.0 Å². The van der Waals surface area contributed by atoms with Gasteiger partial charge in [0.05, 0.1) is 11.4 Å². The lowest BCUT2D eigenvalue weighted by Crippen LogP contribution is -2.27. The van der Waals surface area contributed by atoms with E-state index in [4.69, 9.17) is 4.74 Å². The number of amides is 2. The number of nitrogens with one attached hydrogen (secondary N) is 2. The Balaban J connectivity index is 2.03. The van der Waals surface area contributed by atoms with Crippen LogP contribution in [0.3, 0.4) is 0 Å². The van der Waals surface area contributed by atoms with Gasteiger partial charge in [-0.3, -0.25) is 14.9 Å². The van der Waals surface area contributed by atoms with Crippen molar-refractivity contribution in [1.82, 2.24) is 0 Å². The van der Waals surface area contributed by atoms with Gasteiger partial charge in [-0.15, -0.1) is 0 Å². The first kappa shape index (κ1) is 22.8. The molecule has 1 unspecified atom stereocenters. The summed E-state index contributed by atoms with van der Waals surface area (Å²) in [5, 5.41) is 15.1. The molecule has 30 heavy (non-hydrogen) atoms. The molecule has 7 nitrogen and oxygen atoms in total. The van der Waals surface area contributed by atoms with Crippen LogP contribution < -0.4 is 10.6 Å². The molecule has 0 heterocycles. The fourth-order valence-corrected chi connectivity index (χ4v) is 2.49. The second-order valence-electron chi connectivity index (χ2n) is 7.67. The third-order valence-electron chi connectivity index (χ3n) is 3.88. The number of carbonyl (C=O) groups is 3. The molecular weight excluding hydrogens is 384 g/mol. The van der Waals surface area contributed by atoms with Crippen molar-refractivity contribution in [3.8, 4) is 0 Å². The highest BCUT2D eigenvalue weighted by molar-refractivity contribution is 6.05. The number of Topliss-reactive ketones (excluding diaryl/α,β-unsaturated/α-hetero) is 1. The van der Waals surface area contributed by atoms with E-state index in [1.807, 2.05) is 0 Å². The Labute approximate surface area is 175 Å². The number of carbonyl (C=O) groups excluding carboxylic acids is 3. The number of ether oxygens (including phenoxy) is 1. The third kappa shape index (κ3) is 7.18. The Kier molecular flexibility index (Phi) is 7.49. The molecule has 2 amide bonds. The molecule has 0 saturated heterocycles. The van der Waals surface area contributed by atoms with E-state index >= 15 is 0 Å². The molecule has 0 spiro atoms. The molecular formula is C23H26N2O5. The lowest BCUT2D eigenvalue weighted by Gasteiger charge is -2.20. The molecule has 0 radical (unpaired) electrons. The van der Waals surface area contributed by atoms with Crippen LogP contribution in [0.2, 0.25) is 0 Å². The minimum absolute atomic E-state index is 0.337. The standard InChI is InChI=1S/C23H26N2O5/c1-15(26)21(28)17-12-9-16(10-13-17)11-14-20(27)24-18-7-5-6-8-19(18)25-22(29)30-23(2,3)4/h5-14,21,28H,1-4H3,(H,24,27)(H,25,29)/b14-11+.